The van der Waals surface area contributed by atoms with E-state index in [2.05, 4.69) is 56.1 Å². The van der Waals surface area contributed by atoms with Crippen molar-refractivity contribution < 1.29 is 14.6 Å². The molecule has 0 aliphatic heterocycles. The van der Waals surface area contributed by atoms with Crippen molar-refractivity contribution in [1.82, 2.24) is 0 Å². The third-order valence-electron chi connectivity index (χ3n) is 4.04. The molecule has 1 N–H and O–H groups in total. The predicted octanol–water partition coefficient (Wildman–Crippen LogP) is 6.32. The second-order valence-electron chi connectivity index (χ2n) is 7.01. The van der Waals surface area contributed by atoms with Crippen molar-refractivity contribution in [2.75, 3.05) is 0 Å². The summed E-state index contributed by atoms with van der Waals surface area (Å²) in [6.07, 6.45) is 3.83. The molecule has 0 saturated heterocycles. The molecule has 0 aliphatic rings. The SMILES string of the molecule is CC(C)CC(C)CC(C)CC(C)c1ccc(SOOO)cc1. The van der Waals surface area contributed by atoms with Crippen molar-refractivity contribution in [2.45, 2.75) is 64.7 Å². The smallest absolute Gasteiger partial charge is 0.0714 e. The van der Waals surface area contributed by atoms with Gasteiger partial charge in [0.1, 0.15) is 0 Å². The molecule has 3 unspecified atom stereocenters. The second-order valence-corrected chi connectivity index (χ2v) is 7.78. The first kappa shape index (κ1) is 19.5. The molecule has 0 fully saturated rings. The van der Waals surface area contributed by atoms with Crippen LogP contribution in [-0.2, 0) is 9.37 Å². The molecule has 0 aromatic heterocycles. The average molecular weight is 327 g/mol. The zero-order chi connectivity index (χ0) is 16.5. The Labute approximate surface area is 139 Å². The first-order chi connectivity index (χ1) is 10.4. The molecule has 0 aliphatic carbocycles. The third-order valence-corrected chi connectivity index (χ3v) is 4.64. The summed E-state index contributed by atoms with van der Waals surface area (Å²) in [5.74, 6) is 2.88. The molecule has 0 spiro atoms. The first-order valence-electron chi connectivity index (χ1n) is 8.17. The molecule has 0 radical (unpaired) electrons. The Kier molecular flexibility index (Phi) is 9.10. The average Bonchev–Trinajstić information content (AvgIpc) is 2.44. The Morgan fingerprint density at radius 3 is 2.05 bits per heavy atom. The van der Waals surface area contributed by atoms with Crippen molar-refractivity contribution in [1.29, 1.82) is 0 Å². The Bertz CT molecular complexity index is 405. The lowest BCUT2D eigenvalue weighted by Crippen LogP contribution is -2.09. The monoisotopic (exact) mass is 326 g/mol. The molecule has 126 valence electrons. The maximum Gasteiger partial charge on any atom is 0.0714 e. The van der Waals surface area contributed by atoms with Crippen LogP contribution in [0, 0.1) is 17.8 Å². The highest BCUT2D eigenvalue weighted by Crippen LogP contribution is 2.30. The van der Waals surface area contributed by atoms with Crippen molar-refractivity contribution in [3.05, 3.63) is 29.8 Å². The van der Waals surface area contributed by atoms with Gasteiger partial charge in [0.2, 0.25) is 0 Å². The van der Waals surface area contributed by atoms with Crippen molar-refractivity contribution in [3.8, 4) is 0 Å². The molecule has 0 amide bonds. The van der Waals surface area contributed by atoms with E-state index in [1.807, 2.05) is 12.1 Å². The van der Waals surface area contributed by atoms with Gasteiger partial charge in [0, 0.05) is 4.90 Å². The van der Waals surface area contributed by atoms with Gasteiger partial charge in [-0.25, -0.2) is 5.26 Å². The highest BCUT2D eigenvalue weighted by Gasteiger charge is 2.15. The second kappa shape index (κ2) is 10.3. The normalized spacial score (nSPS) is 15.8. The zero-order valence-electron chi connectivity index (χ0n) is 14.4. The molecular weight excluding hydrogens is 296 g/mol. The van der Waals surface area contributed by atoms with E-state index in [0.717, 1.165) is 34.7 Å². The van der Waals surface area contributed by atoms with Crippen LogP contribution in [0.3, 0.4) is 0 Å². The summed E-state index contributed by atoms with van der Waals surface area (Å²) in [4.78, 5) is 0.906. The Hall–Kier alpha value is -0.550. The minimum absolute atomic E-state index is 0.551. The number of hydrogen-bond donors (Lipinski definition) is 1. The molecule has 0 heterocycles. The van der Waals surface area contributed by atoms with Gasteiger partial charge >= 0.3 is 0 Å². The summed E-state index contributed by atoms with van der Waals surface area (Å²) in [5, 5.41) is 11.8. The van der Waals surface area contributed by atoms with Crippen molar-refractivity contribution in [3.63, 3.8) is 0 Å². The van der Waals surface area contributed by atoms with E-state index in [9.17, 15) is 0 Å². The minimum Gasteiger partial charge on any atom is -0.220 e. The summed E-state index contributed by atoms with van der Waals surface area (Å²) >= 11 is 0.997. The zero-order valence-corrected chi connectivity index (χ0v) is 15.2. The van der Waals surface area contributed by atoms with E-state index in [1.54, 1.807) is 0 Å². The first-order valence-corrected chi connectivity index (χ1v) is 8.91. The van der Waals surface area contributed by atoms with Gasteiger partial charge in [-0.1, -0.05) is 51.8 Å². The van der Waals surface area contributed by atoms with E-state index in [4.69, 9.17) is 5.26 Å². The molecule has 3 atom stereocenters. The van der Waals surface area contributed by atoms with Crippen LogP contribution in [0.1, 0.15) is 65.4 Å². The van der Waals surface area contributed by atoms with E-state index in [1.165, 1.54) is 24.8 Å². The van der Waals surface area contributed by atoms with Crippen LogP contribution in [0.2, 0.25) is 0 Å². The van der Waals surface area contributed by atoms with Crippen molar-refractivity contribution in [2.24, 2.45) is 17.8 Å². The number of rotatable bonds is 10. The van der Waals surface area contributed by atoms with Gasteiger partial charge in [0.15, 0.2) is 0 Å². The van der Waals surface area contributed by atoms with Crippen LogP contribution in [0.5, 0.6) is 0 Å². The number of hydrogen-bond acceptors (Lipinski definition) is 4. The quantitative estimate of drug-likeness (QED) is 0.310. The van der Waals surface area contributed by atoms with E-state index < -0.39 is 0 Å². The molecule has 4 heteroatoms. The lowest BCUT2D eigenvalue weighted by Gasteiger charge is -2.22. The van der Waals surface area contributed by atoms with Gasteiger partial charge in [-0.3, -0.25) is 0 Å². The summed E-state index contributed by atoms with van der Waals surface area (Å²) in [5.41, 5.74) is 1.35. The van der Waals surface area contributed by atoms with Crippen LogP contribution in [-0.4, -0.2) is 5.26 Å². The van der Waals surface area contributed by atoms with Crippen molar-refractivity contribution >= 4 is 12.0 Å². The van der Waals surface area contributed by atoms with E-state index in [0.29, 0.717) is 5.92 Å². The van der Waals surface area contributed by atoms with E-state index >= 15 is 0 Å². The lowest BCUT2D eigenvalue weighted by atomic mass is 9.84. The van der Waals surface area contributed by atoms with Gasteiger partial charge in [0.05, 0.1) is 12.0 Å². The van der Waals surface area contributed by atoms with Crippen LogP contribution in [0.4, 0.5) is 0 Å². The van der Waals surface area contributed by atoms with Gasteiger partial charge in [-0.05, 0) is 60.6 Å². The van der Waals surface area contributed by atoms with Gasteiger partial charge < -0.3 is 0 Å². The number of benzene rings is 1. The highest BCUT2D eigenvalue weighted by molar-refractivity contribution is 7.94. The summed E-state index contributed by atoms with van der Waals surface area (Å²) in [6.45, 7) is 11.6. The molecule has 1 rings (SSSR count). The lowest BCUT2D eigenvalue weighted by molar-refractivity contribution is -0.432. The fourth-order valence-electron chi connectivity index (χ4n) is 3.33. The Morgan fingerprint density at radius 1 is 0.909 bits per heavy atom. The standard InChI is InChI=1S/C18H30O3S/c1-13(2)10-14(3)11-15(4)12-16(5)17-6-8-18(9-7-17)22-21-20-19/h6-9,13-16,19H,10-12H2,1-5H3. The molecule has 1 aromatic carbocycles. The van der Waals surface area contributed by atoms with Gasteiger partial charge in [-0.15, -0.1) is 4.33 Å². The molecule has 0 saturated carbocycles. The van der Waals surface area contributed by atoms with Crippen LogP contribution in [0.15, 0.2) is 29.2 Å². The largest absolute Gasteiger partial charge is 0.220 e. The molecule has 22 heavy (non-hydrogen) atoms. The van der Waals surface area contributed by atoms with Crippen LogP contribution in [0.25, 0.3) is 0 Å². The summed E-state index contributed by atoms with van der Waals surface area (Å²) < 4.78 is 4.43. The van der Waals surface area contributed by atoms with Crippen LogP contribution < -0.4 is 0 Å². The molecular formula is C18H30O3S. The summed E-state index contributed by atoms with van der Waals surface area (Å²) in [7, 11) is 0. The fourth-order valence-corrected chi connectivity index (χ4v) is 3.69. The van der Waals surface area contributed by atoms with Crippen LogP contribution >= 0.6 is 12.0 Å². The Morgan fingerprint density at radius 2 is 1.50 bits per heavy atom. The van der Waals surface area contributed by atoms with Gasteiger partial charge in [-0.2, -0.15) is 0 Å². The minimum atomic E-state index is 0.551. The van der Waals surface area contributed by atoms with E-state index in [-0.39, 0.29) is 0 Å². The maximum atomic E-state index is 8.15. The summed E-state index contributed by atoms with van der Waals surface area (Å²) in [6, 6.07) is 8.22. The molecule has 1 aromatic rings. The molecule has 3 nitrogen and oxygen atoms in total. The van der Waals surface area contributed by atoms with Gasteiger partial charge in [0.25, 0.3) is 0 Å². The maximum absolute atomic E-state index is 8.15. The third kappa shape index (κ3) is 7.63. The predicted molar refractivity (Wildman–Crippen MR) is 92.5 cm³/mol. The Balaban J connectivity index is 2.44. The topological polar surface area (TPSA) is 38.7 Å². The fraction of sp³-hybridized carbons (Fsp3) is 0.667. The molecule has 0 bridgehead atoms. The highest BCUT2D eigenvalue weighted by atomic mass is 32.2.